The fourth-order valence-corrected chi connectivity index (χ4v) is 3.85. The van der Waals surface area contributed by atoms with Crippen LogP contribution in [0, 0.1) is 0 Å². The minimum Gasteiger partial charge on any atom is -0.306 e. The molecule has 0 radical (unpaired) electrons. The number of nitrogens with one attached hydrogen (secondary N) is 1. The Morgan fingerprint density at radius 3 is 2.21 bits per heavy atom. The lowest BCUT2D eigenvalue weighted by atomic mass is 9.98. The van der Waals surface area contributed by atoms with Gasteiger partial charge >= 0.3 is 0 Å². The van der Waals surface area contributed by atoms with Gasteiger partial charge in [-0.3, -0.25) is 0 Å². The van der Waals surface area contributed by atoms with Gasteiger partial charge in [-0.2, -0.15) is 0 Å². The third-order valence-electron chi connectivity index (χ3n) is 3.25. The average molecular weight is 338 g/mol. The monoisotopic (exact) mass is 337 g/mol. The van der Waals surface area contributed by atoms with E-state index >= 15 is 0 Å². The van der Waals surface area contributed by atoms with E-state index in [0.717, 1.165) is 6.54 Å². The summed E-state index contributed by atoms with van der Waals surface area (Å²) in [6.07, 6.45) is 0. The lowest BCUT2D eigenvalue weighted by Gasteiger charge is -2.18. The molecule has 1 heterocycles. The molecule has 1 aromatic heterocycles. The Kier molecular flexibility index (Phi) is 5.20. The van der Waals surface area contributed by atoms with Crippen molar-refractivity contribution in [1.29, 1.82) is 0 Å². The van der Waals surface area contributed by atoms with Crippen LogP contribution < -0.4 is 5.32 Å². The van der Waals surface area contributed by atoms with Gasteiger partial charge in [0.1, 0.15) is 0 Å². The molecule has 0 aliphatic heterocycles. The van der Waals surface area contributed by atoms with Crippen molar-refractivity contribution in [1.82, 2.24) is 5.32 Å². The van der Waals surface area contributed by atoms with E-state index < -0.39 is 0 Å². The molecule has 1 nitrogen and oxygen atoms in total. The molecule has 1 atom stereocenters. The van der Waals surface area contributed by atoms with Crippen LogP contribution in [0.5, 0.6) is 0 Å². The lowest BCUT2D eigenvalue weighted by Crippen LogP contribution is -2.21. The fourth-order valence-electron chi connectivity index (χ4n) is 2.15. The van der Waals surface area contributed by atoms with Crippen molar-refractivity contribution in [2.75, 3.05) is 6.54 Å². The molecule has 1 unspecified atom stereocenters. The molecule has 1 aromatic carbocycles. The quantitative estimate of drug-likeness (QED) is 0.777. The Balaban J connectivity index is 2.31. The van der Waals surface area contributed by atoms with Gasteiger partial charge in [0, 0.05) is 9.35 Å². The van der Waals surface area contributed by atoms with Crippen molar-refractivity contribution in [2.45, 2.75) is 32.7 Å². The van der Waals surface area contributed by atoms with Gasteiger partial charge in [0.25, 0.3) is 0 Å². The van der Waals surface area contributed by atoms with Crippen LogP contribution in [0.2, 0.25) is 0 Å². The number of benzene rings is 1. The molecule has 2 aromatic rings. The van der Waals surface area contributed by atoms with Crippen molar-refractivity contribution < 1.29 is 0 Å². The van der Waals surface area contributed by atoms with Crippen LogP contribution in [0.4, 0.5) is 0 Å². The smallest absolute Gasteiger partial charge is 0.0682 e. The molecule has 1 N–H and O–H groups in total. The normalized spacial score (nSPS) is 12.9. The minimum atomic E-state index is 0.278. The molecule has 0 aliphatic carbocycles. The molecule has 0 fully saturated rings. The zero-order valence-corrected chi connectivity index (χ0v) is 14.0. The summed E-state index contributed by atoms with van der Waals surface area (Å²) in [5.74, 6) is 0.583. The highest BCUT2D eigenvalue weighted by Gasteiger charge is 2.17. The van der Waals surface area contributed by atoms with E-state index in [4.69, 9.17) is 0 Å². The molecule has 0 bridgehead atoms. The second-order valence-electron chi connectivity index (χ2n) is 4.94. The second kappa shape index (κ2) is 6.69. The van der Waals surface area contributed by atoms with Crippen molar-refractivity contribution in [3.63, 3.8) is 0 Å². The summed E-state index contributed by atoms with van der Waals surface area (Å²) in [5, 5.41) is 5.70. The molecule has 3 heteroatoms. The summed E-state index contributed by atoms with van der Waals surface area (Å²) in [6, 6.07) is 11.4. The predicted molar refractivity (Wildman–Crippen MR) is 88.1 cm³/mol. The summed E-state index contributed by atoms with van der Waals surface area (Å²) in [4.78, 5) is 1.35. The molecule has 0 saturated carbocycles. The van der Waals surface area contributed by atoms with Crippen LogP contribution >= 0.6 is 27.3 Å². The molecule has 102 valence electrons. The van der Waals surface area contributed by atoms with Crippen molar-refractivity contribution >= 4 is 27.3 Å². The van der Waals surface area contributed by atoms with Crippen molar-refractivity contribution in [3.05, 3.63) is 56.2 Å². The maximum absolute atomic E-state index is 3.64. The third kappa shape index (κ3) is 3.47. The number of rotatable bonds is 5. The number of hydrogen-bond acceptors (Lipinski definition) is 2. The van der Waals surface area contributed by atoms with Crippen LogP contribution in [-0.4, -0.2) is 6.54 Å². The van der Waals surface area contributed by atoms with Gasteiger partial charge in [0.15, 0.2) is 0 Å². The molecule has 0 saturated heterocycles. The van der Waals surface area contributed by atoms with E-state index in [0.29, 0.717) is 5.92 Å². The lowest BCUT2D eigenvalue weighted by molar-refractivity contribution is 0.637. The van der Waals surface area contributed by atoms with E-state index in [9.17, 15) is 0 Å². The second-order valence-corrected chi connectivity index (χ2v) is 6.75. The summed E-state index contributed by atoms with van der Waals surface area (Å²) >= 11 is 5.44. The zero-order valence-electron chi connectivity index (χ0n) is 11.6. The third-order valence-corrected chi connectivity index (χ3v) is 5.19. The minimum absolute atomic E-state index is 0.278. The van der Waals surface area contributed by atoms with Crippen LogP contribution in [-0.2, 0) is 0 Å². The predicted octanol–water partition coefficient (Wildman–Crippen LogP) is 5.33. The highest BCUT2D eigenvalue weighted by atomic mass is 79.9. The van der Waals surface area contributed by atoms with Crippen LogP contribution in [0.1, 0.15) is 48.7 Å². The molecule has 2 rings (SSSR count). The van der Waals surface area contributed by atoms with Gasteiger partial charge in [-0.1, -0.05) is 45.0 Å². The summed E-state index contributed by atoms with van der Waals surface area (Å²) < 4.78 is 1.19. The van der Waals surface area contributed by atoms with E-state index in [1.807, 2.05) is 0 Å². The molecule has 0 amide bonds. The fraction of sp³-hybridized carbons (Fsp3) is 0.375. The summed E-state index contributed by atoms with van der Waals surface area (Å²) in [7, 11) is 0. The Hall–Kier alpha value is -0.640. The SMILES string of the molecule is CCNC(c1ccc(C(C)C)cc1)c1sccc1Br. The highest BCUT2D eigenvalue weighted by molar-refractivity contribution is 9.10. The first-order valence-corrected chi connectivity index (χ1v) is 8.36. The van der Waals surface area contributed by atoms with Gasteiger partial charge in [-0.25, -0.2) is 0 Å². The first kappa shape index (κ1) is 14.8. The Morgan fingerprint density at radius 2 is 1.74 bits per heavy atom. The van der Waals surface area contributed by atoms with Crippen LogP contribution in [0.3, 0.4) is 0 Å². The van der Waals surface area contributed by atoms with E-state index in [1.165, 1.54) is 20.5 Å². The standard InChI is InChI=1S/C16H20BrNS/c1-4-18-15(16-14(17)9-10-19-16)13-7-5-12(6-8-13)11(2)3/h5-11,15,18H,4H2,1-3H3. The van der Waals surface area contributed by atoms with Crippen molar-refractivity contribution in [3.8, 4) is 0 Å². The Bertz CT molecular complexity index is 516. The first-order valence-electron chi connectivity index (χ1n) is 6.69. The van der Waals surface area contributed by atoms with Gasteiger partial charge in [0.05, 0.1) is 6.04 Å². The molecular formula is C16H20BrNS. The molecule has 0 spiro atoms. The van der Waals surface area contributed by atoms with E-state index in [2.05, 4.69) is 77.7 Å². The number of thiophene rings is 1. The molecular weight excluding hydrogens is 318 g/mol. The summed E-state index contributed by atoms with van der Waals surface area (Å²) in [6.45, 7) is 7.57. The Morgan fingerprint density at radius 1 is 1.11 bits per heavy atom. The van der Waals surface area contributed by atoms with Crippen molar-refractivity contribution in [2.24, 2.45) is 0 Å². The van der Waals surface area contributed by atoms with Gasteiger partial charge < -0.3 is 5.32 Å². The van der Waals surface area contributed by atoms with Gasteiger partial charge in [-0.05, 0) is 51.0 Å². The maximum atomic E-state index is 3.64. The van der Waals surface area contributed by atoms with E-state index in [-0.39, 0.29) is 6.04 Å². The Labute approximate surface area is 128 Å². The number of halogens is 1. The van der Waals surface area contributed by atoms with Crippen LogP contribution in [0.25, 0.3) is 0 Å². The number of hydrogen-bond donors (Lipinski definition) is 1. The topological polar surface area (TPSA) is 12.0 Å². The summed E-state index contributed by atoms with van der Waals surface area (Å²) in [5.41, 5.74) is 2.72. The average Bonchev–Trinajstić information content (AvgIpc) is 2.82. The van der Waals surface area contributed by atoms with Crippen LogP contribution in [0.15, 0.2) is 40.2 Å². The highest BCUT2D eigenvalue weighted by Crippen LogP contribution is 2.33. The maximum Gasteiger partial charge on any atom is 0.0682 e. The first-order chi connectivity index (χ1) is 9.13. The van der Waals surface area contributed by atoms with Gasteiger partial charge in [-0.15, -0.1) is 11.3 Å². The van der Waals surface area contributed by atoms with E-state index in [1.54, 1.807) is 11.3 Å². The zero-order chi connectivity index (χ0) is 13.8. The largest absolute Gasteiger partial charge is 0.306 e. The molecule has 19 heavy (non-hydrogen) atoms. The molecule has 0 aliphatic rings. The van der Waals surface area contributed by atoms with Gasteiger partial charge in [0.2, 0.25) is 0 Å².